The number of amides is 2. The molecule has 2 amide bonds. The Bertz CT molecular complexity index is 464. The fourth-order valence-electron chi connectivity index (χ4n) is 1.37. The van der Waals surface area contributed by atoms with Crippen molar-refractivity contribution in [2.45, 2.75) is 33.2 Å². The summed E-state index contributed by atoms with van der Waals surface area (Å²) in [4.78, 5) is 23.0. The third-order valence-electron chi connectivity index (χ3n) is 2.20. The smallest absolute Gasteiger partial charge is 0.330 e. The normalized spacial score (nSPS) is 10.7. The van der Waals surface area contributed by atoms with Gasteiger partial charge in [-0.3, -0.25) is 0 Å². The molecule has 0 aromatic heterocycles. The van der Waals surface area contributed by atoms with E-state index in [0.29, 0.717) is 5.75 Å². The van der Waals surface area contributed by atoms with E-state index >= 15 is 0 Å². The van der Waals surface area contributed by atoms with Crippen molar-refractivity contribution in [3.63, 3.8) is 0 Å². The number of esters is 1. The van der Waals surface area contributed by atoms with Crippen LogP contribution in [0.3, 0.4) is 0 Å². The van der Waals surface area contributed by atoms with E-state index < -0.39 is 12.0 Å². The summed E-state index contributed by atoms with van der Waals surface area (Å²) in [6.07, 6.45) is 0. The zero-order chi connectivity index (χ0) is 14.5. The molecular weight excluding hydrogens is 244 g/mol. The van der Waals surface area contributed by atoms with E-state index in [2.05, 4.69) is 10.6 Å². The van der Waals surface area contributed by atoms with Crippen molar-refractivity contribution in [1.29, 1.82) is 0 Å². The lowest BCUT2D eigenvalue weighted by Gasteiger charge is -2.20. The van der Waals surface area contributed by atoms with Gasteiger partial charge in [-0.25, -0.2) is 9.59 Å². The summed E-state index contributed by atoms with van der Waals surface area (Å²) in [5.41, 5.74) is 0.527. The summed E-state index contributed by atoms with van der Waals surface area (Å²) in [6, 6.07) is 6.82. The SMILES string of the molecule is Cc1ccccc1OC(=O)CNC(=O)NC(C)(C)C. The molecule has 0 atom stereocenters. The first-order valence-corrected chi connectivity index (χ1v) is 6.10. The highest BCUT2D eigenvalue weighted by molar-refractivity contribution is 5.82. The van der Waals surface area contributed by atoms with Gasteiger partial charge < -0.3 is 15.4 Å². The number of ether oxygens (including phenoxy) is 1. The van der Waals surface area contributed by atoms with E-state index in [-0.39, 0.29) is 12.1 Å². The van der Waals surface area contributed by atoms with Crippen LogP contribution >= 0.6 is 0 Å². The number of carbonyl (C=O) groups is 2. The zero-order valence-electron chi connectivity index (χ0n) is 11.7. The van der Waals surface area contributed by atoms with E-state index in [9.17, 15) is 9.59 Å². The molecule has 1 rings (SSSR count). The Hall–Kier alpha value is -2.04. The third-order valence-corrected chi connectivity index (χ3v) is 2.20. The highest BCUT2D eigenvalue weighted by Gasteiger charge is 2.14. The maximum absolute atomic E-state index is 11.6. The second-order valence-corrected chi connectivity index (χ2v) is 5.30. The van der Waals surface area contributed by atoms with Crippen LogP contribution in [0.25, 0.3) is 0 Å². The fraction of sp³-hybridized carbons (Fsp3) is 0.429. The van der Waals surface area contributed by atoms with Crippen LogP contribution in [0.4, 0.5) is 4.79 Å². The molecule has 0 radical (unpaired) electrons. The van der Waals surface area contributed by atoms with Crippen molar-refractivity contribution >= 4 is 12.0 Å². The van der Waals surface area contributed by atoms with Gasteiger partial charge in [0.05, 0.1) is 0 Å². The molecule has 0 fully saturated rings. The number of urea groups is 1. The topological polar surface area (TPSA) is 67.4 Å². The minimum absolute atomic E-state index is 0.170. The zero-order valence-corrected chi connectivity index (χ0v) is 11.7. The number of para-hydroxylation sites is 1. The maximum Gasteiger partial charge on any atom is 0.330 e. The minimum atomic E-state index is -0.502. The van der Waals surface area contributed by atoms with Gasteiger partial charge in [0.15, 0.2) is 0 Å². The van der Waals surface area contributed by atoms with Gasteiger partial charge in [-0.05, 0) is 39.3 Å². The highest BCUT2D eigenvalue weighted by Crippen LogP contribution is 2.15. The molecule has 0 aliphatic carbocycles. The Morgan fingerprint density at radius 2 is 1.84 bits per heavy atom. The number of carbonyl (C=O) groups excluding carboxylic acids is 2. The Morgan fingerprint density at radius 3 is 2.42 bits per heavy atom. The van der Waals surface area contributed by atoms with Crippen LogP contribution in [0.1, 0.15) is 26.3 Å². The lowest BCUT2D eigenvalue weighted by Crippen LogP contribution is -2.48. The third kappa shape index (κ3) is 5.90. The Labute approximate surface area is 113 Å². The molecule has 1 aromatic carbocycles. The Kier molecular flexibility index (Phi) is 4.92. The van der Waals surface area contributed by atoms with Crippen LogP contribution in [0, 0.1) is 6.92 Å². The van der Waals surface area contributed by atoms with Crippen molar-refractivity contribution in [3.05, 3.63) is 29.8 Å². The summed E-state index contributed by atoms with van der Waals surface area (Å²) in [5, 5.41) is 5.15. The minimum Gasteiger partial charge on any atom is -0.425 e. The molecule has 104 valence electrons. The number of hydrogen-bond acceptors (Lipinski definition) is 3. The first-order valence-electron chi connectivity index (χ1n) is 6.10. The number of nitrogens with one attached hydrogen (secondary N) is 2. The molecule has 5 nitrogen and oxygen atoms in total. The van der Waals surface area contributed by atoms with Crippen molar-refractivity contribution < 1.29 is 14.3 Å². The molecular formula is C14H20N2O3. The quantitative estimate of drug-likeness (QED) is 0.648. The molecule has 0 aliphatic heterocycles. The average Bonchev–Trinajstić information content (AvgIpc) is 2.27. The first-order chi connectivity index (χ1) is 8.78. The van der Waals surface area contributed by atoms with Gasteiger partial charge in [0.1, 0.15) is 12.3 Å². The molecule has 1 aromatic rings. The summed E-state index contributed by atoms with van der Waals surface area (Å²) in [6.45, 7) is 7.26. The number of rotatable bonds is 3. The van der Waals surface area contributed by atoms with Crippen LogP contribution in [0.5, 0.6) is 5.75 Å². The second-order valence-electron chi connectivity index (χ2n) is 5.30. The van der Waals surface area contributed by atoms with E-state index in [4.69, 9.17) is 4.74 Å². The van der Waals surface area contributed by atoms with Crippen LogP contribution in [0.2, 0.25) is 0 Å². The molecule has 0 unspecified atom stereocenters. The molecule has 5 heteroatoms. The predicted molar refractivity (Wildman–Crippen MR) is 73.1 cm³/mol. The lowest BCUT2D eigenvalue weighted by molar-refractivity contribution is -0.133. The summed E-state index contributed by atoms with van der Waals surface area (Å²) >= 11 is 0. The van der Waals surface area contributed by atoms with Crippen molar-refractivity contribution in [1.82, 2.24) is 10.6 Å². The standard InChI is InChI=1S/C14H20N2O3/c1-10-7-5-6-8-11(10)19-12(17)9-15-13(18)16-14(2,3)4/h5-8H,9H2,1-4H3,(H2,15,16,18). The number of hydrogen-bond donors (Lipinski definition) is 2. The van der Waals surface area contributed by atoms with Gasteiger partial charge >= 0.3 is 12.0 Å². The van der Waals surface area contributed by atoms with Crippen molar-refractivity contribution in [2.24, 2.45) is 0 Å². The van der Waals surface area contributed by atoms with Gasteiger partial charge in [0.2, 0.25) is 0 Å². The second kappa shape index (κ2) is 6.22. The van der Waals surface area contributed by atoms with Crippen LogP contribution in [-0.2, 0) is 4.79 Å². The maximum atomic E-state index is 11.6. The molecule has 0 heterocycles. The number of aryl methyl sites for hydroxylation is 1. The molecule has 0 saturated heterocycles. The van der Waals surface area contributed by atoms with Gasteiger partial charge in [-0.15, -0.1) is 0 Å². The summed E-state index contributed by atoms with van der Waals surface area (Å²) in [7, 11) is 0. The van der Waals surface area contributed by atoms with Gasteiger partial charge in [-0.2, -0.15) is 0 Å². The van der Waals surface area contributed by atoms with E-state index in [1.165, 1.54) is 0 Å². The first kappa shape index (κ1) is 15.0. The molecule has 0 aliphatic rings. The van der Waals surface area contributed by atoms with E-state index in [1.54, 1.807) is 12.1 Å². The van der Waals surface area contributed by atoms with Crippen molar-refractivity contribution in [2.75, 3.05) is 6.54 Å². The molecule has 0 bridgehead atoms. The Balaban J connectivity index is 2.41. The predicted octanol–water partition coefficient (Wildman–Crippen LogP) is 2.00. The average molecular weight is 264 g/mol. The Morgan fingerprint density at radius 1 is 1.21 bits per heavy atom. The molecule has 2 N–H and O–H groups in total. The highest BCUT2D eigenvalue weighted by atomic mass is 16.5. The van der Waals surface area contributed by atoms with Crippen molar-refractivity contribution in [3.8, 4) is 5.75 Å². The summed E-state index contributed by atoms with van der Waals surface area (Å²) < 4.78 is 5.14. The van der Waals surface area contributed by atoms with Gasteiger partial charge in [0.25, 0.3) is 0 Å². The lowest BCUT2D eigenvalue weighted by atomic mass is 10.1. The van der Waals surface area contributed by atoms with E-state index in [1.807, 2.05) is 39.8 Å². The number of benzene rings is 1. The largest absolute Gasteiger partial charge is 0.425 e. The monoisotopic (exact) mass is 264 g/mol. The van der Waals surface area contributed by atoms with Gasteiger partial charge in [-0.1, -0.05) is 18.2 Å². The molecule has 0 saturated carbocycles. The molecule has 0 spiro atoms. The molecule has 19 heavy (non-hydrogen) atoms. The van der Waals surface area contributed by atoms with Crippen LogP contribution in [-0.4, -0.2) is 24.1 Å². The fourth-order valence-corrected chi connectivity index (χ4v) is 1.37. The van der Waals surface area contributed by atoms with Crippen LogP contribution in [0.15, 0.2) is 24.3 Å². The summed E-state index contributed by atoms with van der Waals surface area (Å²) in [5.74, 6) is 0.00360. The van der Waals surface area contributed by atoms with Gasteiger partial charge in [0, 0.05) is 5.54 Å². The van der Waals surface area contributed by atoms with E-state index in [0.717, 1.165) is 5.56 Å². The van der Waals surface area contributed by atoms with Crippen LogP contribution < -0.4 is 15.4 Å².